The molecule has 2 atom stereocenters. The van der Waals surface area contributed by atoms with E-state index in [4.69, 9.17) is 0 Å². The number of hydrogen-bond donors (Lipinski definition) is 3. The molecule has 3 heterocycles. The summed E-state index contributed by atoms with van der Waals surface area (Å²) in [4.78, 5) is 34.8. The highest BCUT2D eigenvalue weighted by atomic mass is 16.3. The van der Waals surface area contributed by atoms with Crippen LogP contribution in [0.4, 0.5) is 0 Å². The number of aliphatic hydroxyl groups is 1. The van der Waals surface area contributed by atoms with E-state index in [-0.39, 0.29) is 0 Å². The zero-order valence-corrected chi connectivity index (χ0v) is 12.3. The molecule has 0 radical (unpaired) electrons. The quantitative estimate of drug-likeness (QED) is 0.706. The van der Waals surface area contributed by atoms with Gasteiger partial charge in [-0.1, -0.05) is 0 Å². The maximum Gasteiger partial charge on any atom is 0.328 e. The van der Waals surface area contributed by atoms with Crippen LogP contribution in [0, 0.1) is 0 Å². The van der Waals surface area contributed by atoms with Crippen LogP contribution in [-0.4, -0.2) is 48.2 Å². The summed E-state index contributed by atoms with van der Waals surface area (Å²) in [5.74, 6) is 0.842. The molecule has 8 nitrogen and oxygen atoms in total. The van der Waals surface area contributed by atoms with Crippen molar-refractivity contribution in [3.63, 3.8) is 0 Å². The predicted octanol–water partition coefficient (Wildman–Crippen LogP) is -0.542. The molecule has 0 saturated carbocycles. The molecule has 0 aliphatic carbocycles. The lowest BCUT2D eigenvalue weighted by molar-refractivity contribution is -0.0546. The van der Waals surface area contributed by atoms with Crippen molar-refractivity contribution in [1.29, 1.82) is 0 Å². The number of piperidine rings is 1. The van der Waals surface area contributed by atoms with Gasteiger partial charge in [-0.05, 0) is 13.3 Å². The summed E-state index contributed by atoms with van der Waals surface area (Å²) < 4.78 is 1.40. The third-order valence-electron chi connectivity index (χ3n) is 4.20. The minimum atomic E-state index is -1.01. The number of rotatable bonds is 3. The number of aromatic amines is 2. The van der Waals surface area contributed by atoms with Crippen molar-refractivity contribution >= 4 is 0 Å². The Bertz CT molecular complexity index is 746. The Morgan fingerprint density at radius 2 is 2.32 bits per heavy atom. The van der Waals surface area contributed by atoms with E-state index < -0.39 is 22.9 Å². The van der Waals surface area contributed by atoms with E-state index in [1.807, 2.05) is 0 Å². The van der Waals surface area contributed by atoms with Crippen LogP contribution < -0.4 is 11.2 Å². The molecule has 0 aromatic carbocycles. The predicted molar refractivity (Wildman–Crippen MR) is 79.5 cm³/mol. The van der Waals surface area contributed by atoms with E-state index in [0.29, 0.717) is 26.1 Å². The summed E-state index contributed by atoms with van der Waals surface area (Å²) in [7, 11) is 0. The summed E-state index contributed by atoms with van der Waals surface area (Å²) in [6.07, 6.45) is 5.43. The number of hydrogen-bond acceptors (Lipinski definition) is 5. The van der Waals surface area contributed by atoms with Crippen molar-refractivity contribution in [3.8, 4) is 0 Å². The van der Waals surface area contributed by atoms with Crippen LogP contribution in [0.5, 0.6) is 0 Å². The molecule has 3 rings (SSSR count). The first kappa shape index (κ1) is 14.7. The molecule has 0 unspecified atom stereocenters. The van der Waals surface area contributed by atoms with Gasteiger partial charge in [0.05, 0.1) is 18.2 Å². The van der Waals surface area contributed by atoms with Crippen LogP contribution in [0.3, 0.4) is 0 Å². The molecule has 0 amide bonds. The second-order valence-electron chi connectivity index (χ2n) is 5.91. The van der Waals surface area contributed by atoms with Crippen LogP contribution in [0.1, 0.15) is 25.2 Å². The number of nitrogens with one attached hydrogen (secondary N) is 2. The maximum atomic E-state index is 12.0. The van der Waals surface area contributed by atoms with Crippen LogP contribution in [0.25, 0.3) is 0 Å². The van der Waals surface area contributed by atoms with Crippen molar-refractivity contribution < 1.29 is 5.11 Å². The second kappa shape index (κ2) is 5.54. The van der Waals surface area contributed by atoms with E-state index >= 15 is 0 Å². The Kier molecular flexibility index (Phi) is 3.71. The summed E-state index contributed by atoms with van der Waals surface area (Å²) in [6, 6.07) is 0.865. The Hall–Kier alpha value is -2.19. The van der Waals surface area contributed by atoms with Gasteiger partial charge in [0, 0.05) is 37.7 Å². The van der Waals surface area contributed by atoms with Crippen molar-refractivity contribution in [2.75, 3.05) is 13.1 Å². The van der Waals surface area contributed by atoms with Crippen LogP contribution in [0.2, 0.25) is 0 Å². The van der Waals surface area contributed by atoms with Gasteiger partial charge < -0.3 is 10.1 Å². The lowest BCUT2D eigenvalue weighted by Gasteiger charge is -2.42. The lowest BCUT2D eigenvalue weighted by Crippen LogP contribution is -2.53. The first-order valence-electron chi connectivity index (χ1n) is 7.20. The highest BCUT2D eigenvalue weighted by Gasteiger charge is 2.39. The molecule has 1 saturated heterocycles. The molecule has 0 bridgehead atoms. The molecule has 2 aromatic heterocycles. The Balaban J connectivity index is 1.86. The van der Waals surface area contributed by atoms with Gasteiger partial charge in [-0.15, -0.1) is 0 Å². The molecule has 1 fully saturated rings. The highest BCUT2D eigenvalue weighted by molar-refractivity contribution is 4.99. The third kappa shape index (κ3) is 2.88. The SMILES string of the molecule is C[C@@]1(O)CCN(Cc2ncc[nH]2)C[C@H]1n1ccc(=O)[nH]c1=O. The normalized spacial score (nSPS) is 26.2. The lowest BCUT2D eigenvalue weighted by atomic mass is 9.88. The topological polar surface area (TPSA) is 107 Å². The van der Waals surface area contributed by atoms with E-state index in [2.05, 4.69) is 19.9 Å². The summed E-state index contributed by atoms with van der Waals surface area (Å²) in [5.41, 5.74) is -1.95. The number of nitrogens with zero attached hydrogens (tertiary/aromatic N) is 3. The van der Waals surface area contributed by atoms with Gasteiger partial charge in [-0.25, -0.2) is 9.78 Å². The zero-order valence-electron chi connectivity index (χ0n) is 12.3. The monoisotopic (exact) mass is 305 g/mol. The maximum absolute atomic E-state index is 12.0. The average Bonchev–Trinajstić information content (AvgIpc) is 2.94. The van der Waals surface area contributed by atoms with Gasteiger partial charge in [-0.3, -0.25) is 19.2 Å². The van der Waals surface area contributed by atoms with Gasteiger partial charge in [0.15, 0.2) is 0 Å². The van der Waals surface area contributed by atoms with Crippen molar-refractivity contribution in [2.45, 2.75) is 31.5 Å². The largest absolute Gasteiger partial charge is 0.388 e. The summed E-state index contributed by atoms with van der Waals surface area (Å²) in [5, 5.41) is 10.6. The smallest absolute Gasteiger partial charge is 0.328 e. The van der Waals surface area contributed by atoms with Crippen LogP contribution in [0.15, 0.2) is 34.2 Å². The molecule has 118 valence electrons. The van der Waals surface area contributed by atoms with E-state index in [0.717, 1.165) is 5.82 Å². The fourth-order valence-electron chi connectivity index (χ4n) is 2.88. The van der Waals surface area contributed by atoms with E-state index in [9.17, 15) is 14.7 Å². The number of aromatic nitrogens is 4. The van der Waals surface area contributed by atoms with Gasteiger partial charge in [0.25, 0.3) is 5.56 Å². The molecule has 8 heteroatoms. The van der Waals surface area contributed by atoms with E-state index in [1.165, 1.54) is 16.8 Å². The van der Waals surface area contributed by atoms with Crippen molar-refractivity contribution in [2.24, 2.45) is 0 Å². The van der Waals surface area contributed by atoms with Gasteiger partial charge in [0.1, 0.15) is 5.82 Å². The van der Waals surface area contributed by atoms with Crippen molar-refractivity contribution in [1.82, 2.24) is 24.4 Å². The summed E-state index contributed by atoms with van der Waals surface area (Å²) in [6.45, 7) is 3.55. The summed E-state index contributed by atoms with van der Waals surface area (Å²) >= 11 is 0. The fraction of sp³-hybridized carbons (Fsp3) is 0.500. The molecular formula is C14H19N5O3. The molecule has 1 aliphatic rings. The fourth-order valence-corrected chi connectivity index (χ4v) is 2.88. The van der Waals surface area contributed by atoms with Gasteiger partial charge in [0.2, 0.25) is 0 Å². The first-order valence-corrected chi connectivity index (χ1v) is 7.20. The third-order valence-corrected chi connectivity index (χ3v) is 4.20. The Morgan fingerprint density at radius 1 is 1.50 bits per heavy atom. The molecular weight excluding hydrogens is 286 g/mol. The zero-order chi connectivity index (χ0) is 15.7. The van der Waals surface area contributed by atoms with Crippen LogP contribution >= 0.6 is 0 Å². The highest BCUT2D eigenvalue weighted by Crippen LogP contribution is 2.30. The number of H-pyrrole nitrogens is 2. The minimum absolute atomic E-state index is 0.430. The first-order chi connectivity index (χ1) is 10.5. The van der Waals surface area contributed by atoms with Gasteiger partial charge >= 0.3 is 5.69 Å². The Labute approximate surface area is 126 Å². The average molecular weight is 305 g/mol. The van der Waals surface area contributed by atoms with Crippen LogP contribution in [-0.2, 0) is 6.54 Å². The minimum Gasteiger partial charge on any atom is -0.388 e. The number of likely N-dealkylation sites (tertiary alicyclic amines) is 1. The Morgan fingerprint density at radius 3 is 3.00 bits per heavy atom. The molecule has 2 aromatic rings. The standard InChI is InChI=1S/C14H19N5O3/c1-14(22)3-7-18(9-11-15-4-5-16-11)8-10(14)19-6-2-12(20)17-13(19)21/h2,4-6,10,22H,3,7-9H2,1H3,(H,15,16)(H,17,20,21)/t10-,14-/m1/s1. The second-order valence-corrected chi connectivity index (χ2v) is 5.91. The van der Waals surface area contributed by atoms with Crippen molar-refractivity contribution in [3.05, 3.63) is 51.3 Å². The number of imidazole rings is 1. The molecule has 0 spiro atoms. The molecule has 1 aliphatic heterocycles. The van der Waals surface area contributed by atoms with Gasteiger partial charge in [-0.2, -0.15) is 0 Å². The molecule has 3 N–H and O–H groups in total. The molecule has 22 heavy (non-hydrogen) atoms. The van der Waals surface area contributed by atoms with E-state index in [1.54, 1.807) is 19.3 Å².